The second-order valence-corrected chi connectivity index (χ2v) is 3.84. The Bertz CT molecular complexity index is 319. The summed E-state index contributed by atoms with van der Waals surface area (Å²) >= 11 is 5.92. The minimum absolute atomic E-state index is 0.710. The topological polar surface area (TPSA) is 17.8 Å². The van der Waals surface area contributed by atoms with Gasteiger partial charge in [-0.2, -0.15) is 5.10 Å². The first-order valence-electron chi connectivity index (χ1n) is 4.66. The van der Waals surface area contributed by atoms with Crippen molar-refractivity contribution in [2.75, 3.05) is 0 Å². The third-order valence-corrected chi connectivity index (χ3v) is 2.80. The summed E-state index contributed by atoms with van der Waals surface area (Å²) < 4.78 is 1.71. The van der Waals surface area contributed by atoms with Crippen molar-refractivity contribution in [1.29, 1.82) is 0 Å². The molecule has 0 saturated carbocycles. The summed E-state index contributed by atoms with van der Waals surface area (Å²) in [7, 11) is 1.87. The molecule has 2 rings (SSSR count). The van der Waals surface area contributed by atoms with Gasteiger partial charge >= 0.3 is 0 Å². The average molecular weight is 197 g/mol. The number of halogens is 1. The van der Waals surface area contributed by atoms with E-state index in [-0.39, 0.29) is 0 Å². The van der Waals surface area contributed by atoms with E-state index < -0.39 is 0 Å². The van der Waals surface area contributed by atoms with Gasteiger partial charge in [-0.15, -0.1) is 0 Å². The zero-order valence-corrected chi connectivity index (χ0v) is 8.51. The van der Waals surface area contributed by atoms with Crippen molar-refractivity contribution in [3.8, 4) is 0 Å². The van der Waals surface area contributed by atoms with Gasteiger partial charge in [0.2, 0.25) is 0 Å². The van der Waals surface area contributed by atoms with Gasteiger partial charge in [-0.1, -0.05) is 17.7 Å². The van der Waals surface area contributed by atoms with Crippen LogP contribution in [0.25, 0.3) is 5.57 Å². The number of hydrogen-bond acceptors (Lipinski definition) is 1. The SMILES string of the molecule is Cn1nc(C2=CCCCC2)cc1Cl. The molecule has 0 radical (unpaired) electrons. The van der Waals surface area contributed by atoms with Crippen LogP contribution >= 0.6 is 11.6 Å². The van der Waals surface area contributed by atoms with E-state index >= 15 is 0 Å². The molecule has 0 N–H and O–H groups in total. The van der Waals surface area contributed by atoms with E-state index in [0.717, 1.165) is 12.1 Å². The summed E-state index contributed by atoms with van der Waals surface area (Å²) in [5.74, 6) is 0. The first-order valence-corrected chi connectivity index (χ1v) is 5.04. The lowest BCUT2D eigenvalue weighted by molar-refractivity contribution is 0.727. The van der Waals surface area contributed by atoms with Gasteiger partial charge in [-0.3, -0.25) is 4.68 Å². The molecular weight excluding hydrogens is 184 g/mol. The fourth-order valence-corrected chi connectivity index (χ4v) is 1.81. The van der Waals surface area contributed by atoms with E-state index in [0.29, 0.717) is 5.15 Å². The predicted octanol–water partition coefficient (Wildman–Crippen LogP) is 3.03. The van der Waals surface area contributed by atoms with Gasteiger partial charge in [-0.05, 0) is 31.3 Å². The third kappa shape index (κ3) is 1.78. The molecule has 0 spiro atoms. The van der Waals surface area contributed by atoms with Gasteiger partial charge < -0.3 is 0 Å². The largest absolute Gasteiger partial charge is 0.256 e. The second-order valence-electron chi connectivity index (χ2n) is 3.45. The molecule has 2 nitrogen and oxygen atoms in total. The van der Waals surface area contributed by atoms with E-state index in [2.05, 4.69) is 11.2 Å². The number of rotatable bonds is 1. The third-order valence-electron chi connectivity index (χ3n) is 2.44. The highest BCUT2D eigenvalue weighted by Gasteiger charge is 2.10. The molecule has 70 valence electrons. The molecule has 3 heteroatoms. The van der Waals surface area contributed by atoms with Crippen LogP contribution in [0.2, 0.25) is 5.15 Å². The molecule has 1 aliphatic rings. The van der Waals surface area contributed by atoms with Crippen molar-refractivity contribution in [2.45, 2.75) is 25.7 Å². The maximum Gasteiger partial charge on any atom is 0.127 e. The van der Waals surface area contributed by atoms with Crippen molar-refractivity contribution in [3.05, 3.63) is 23.0 Å². The number of aromatic nitrogens is 2. The highest BCUT2D eigenvalue weighted by molar-refractivity contribution is 6.29. The Labute approximate surface area is 83.2 Å². The molecule has 0 fully saturated rings. The fraction of sp³-hybridized carbons (Fsp3) is 0.500. The van der Waals surface area contributed by atoms with Crippen LogP contribution < -0.4 is 0 Å². The summed E-state index contributed by atoms with van der Waals surface area (Å²) in [5.41, 5.74) is 2.40. The Balaban J connectivity index is 2.29. The minimum Gasteiger partial charge on any atom is -0.256 e. The summed E-state index contributed by atoms with van der Waals surface area (Å²) in [6, 6.07) is 1.94. The molecule has 0 atom stereocenters. The van der Waals surface area contributed by atoms with Crippen molar-refractivity contribution < 1.29 is 0 Å². The first kappa shape index (κ1) is 8.82. The van der Waals surface area contributed by atoms with Gasteiger partial charge in [0.1, 0.15) is 5.15 Å². The second kappa shape index (κ2) is 3.54. The van der Waals surface area contributed by atoms with Crippen molar-refractivity contribution in [2.24, 2.45) is 7.05 Å². The Morgan fingerprint density at radius 2 is 2.31 bits per heavy atom. The Kier molecular flexibility index (Phi) is 2.40. The van der Waals surface area contributed by atoms with Crippen LogP contribution in [0.5, 0.6) is 0 Å². The molecular formula is C10H13ClN2. The molecule has 0 aliphatic heterocycles. The van der Waals surface area contributed by atoms with E-state index in [4.69, 9.17) is 11.6 Å². The molecule has 0 aromatic carbocycles. The average Bonchev–Trinajstić information content (AvgIpc) is 2.49. The smallest absolute Gasteiger partial charge is 0.127 e. The molecule has 0 saturated heterocycles. The van der Waals surface area contributed by atoms with Gasteiger partial charge in [0.05, 0.1) is 5.69 Å². The lowest BCUT2D eigenvalue weighted by Gasteiger charge is -2.09. The molecule has 1 heterocycles. The number of allylic oxidation sites excluding steroid dienone is 2. The summed E-state index contributed by atoms with van der Waals surface area (Å²) in [6.45, 7) is 0. The lowest BCUT2D eigenvalue weighted by Crippen LogP contribution is -1.95. The minimum atomic E-state index is 0.710. The Morgan fingerprint density at radius 1 is 1.46 bits per heavy atom. The predicted molar refractivity (Wildman–Crippen MR) is 54.7 cm³/mol. The normalized spacial score (nSPS) is 17.2. The van der Waals surface area contributed by atoms with Crippen LogP contribution in [0.1, 0.15) is 31.4 Å². The van der Waals surface area contributed by atoms with Gasteiger partial charge in [0.25, 0.3) is 0 Å². The molecule has 1 aliphatic carbocycles. The maximum absolute atomic E-state index is 5.92. The van der Waals surface area contributed by atoms with Crippen LogP contribution in [-0.4, -0.2) is 9.78 Å². The van der Waals surface area contributed by atoms with E-state index in [1.54, 1.807) is 4.68 Å². The van der Waals surface area contributed by atoms with E-state index in [9.17, 15) is 0 Å². The number of aryl methyl sites for hydroxylation is 1. The Morgan fingerprint density at radius 3 is 2.85 bits per heavy atom. The van der Waals surface area contributed by atoms with Crippen molar-refractivity contribution >= 4 is 17.2 Å². The highest BCUT2D eigenvalue weighted by atomic mass is 35.5. The van der Waals surface area contributed by atoms with Gasteiger partial charge in [0.15, 0.2) is 0 Å². The first-order chi connectivity index (χ1) is 6.27. The molecule has 1 aromatic rings. The number of hydrogen-bond donors (Lipinski definition) is 0. The fourth-order valence-electron chi connectivity index (χ4n) is 1.67. The van der Waals surface area contributed by atoms with E-state index in [1.165, 1.54) is 24.8 Å². The molecule has 0 amide bonds. The summed E-state index contributed by atoms with van der Waals surface area (Å²) in [6.07, 6.45) is 7.20. The molecule has 0 unspecified atom stereocenters. The lowest BCUT2D eigenvalue weighted by atomic mass is 9.97. The maximum atomic E-state index is 5.92. The monoisotopic (exact) mass is 196 g/mol. The number of nitrogens with zero attached hydrogens (tertiary/aromatic N) is 2. The summed E-state index contributed by atoms with van der Waals surface area (Å²) in [5, 5.41) is 5.06. The highest BCUT2D eigenvalue weighted by Crippen LogP contribution is 2.26. The van der Waals surface area contributed by atoms with Crippen LogP contribution in [0.4, 0.5) is 0 Å². The summed E-state index contributed by atoms with van der Waals surface area (Å²) in [4.78, 5) is 0. The van der Waals surface area contributed by atoms with Crippen LogP contribution in [-0.2, 0) is 7.05 Å². The van der Waals surface area contributed by atoms with E-state index in [1.807, 2.05) is 13.1 Å². The zero-order chi connectivity index (χ0) is 9.26. The molecule has 13 heavy (non-hydrogen) atoms. The van der Waals surface area contributed by atoms with Crippen LogP contribution in [0.15, 0.2) is 12.1 Å². The molecule has 0 bridgehead atoms. The standard InChI is InChI=1S/C10H13ClN2/c1-13-10(11)7-9(12-13)8-5-3-2-4-6-8/h5,7H,2-4,6H2,1H3. The Hall–Kier alpha value is -0.760. The van der Waals surface area contributed by atoms with Crippen molar-refractivity contribution in [1.82, 2.24) is 9.78 Å². The molecule has 1 aromatic heterocycles. The van der Waals surface area contributed by atoms with Crippen molar-refractivity contribution in [3.63, 3.8) is 0 Å². The van der Waals surface area contributed by atoms with Crippen LogP contribution in [0, 0.1) is 0 Å². The van der Waals surface area contributed by atoms with Gasteiger partial charge in [-0.25, -0.2) is 0 Å². The van der Waals surface area contributed by atoms with Gasteiger partial charge in [0, 0.05) is 13.1 Å². The van der Waals surface area contributed by atoms with Crippen LogP contribution in [0.3, 0.4) is 0 Å². The zero-order valence-electron chi connectivity index (χ0n) is 7.76. The quantitative estimate of drug-likeness (QED) is 0.675.